The van der Waals surface area contributed by atoms with Crippen LogP contribution in [-0.2, 0) is 30.8 Å². The van der Waals surface area contributed by atoms with Crippen molar-refractivity contribution in [1.29, 1.82) is 0 Å². The molecule has 0 radical (unpaired) electrons. The number of ether oxygens (including phenoxy) is 2. The molecular formula is C27H29N3O5. The summed E-state index contributed by atoms with van der Waals surface area (Å²) in [5.74, 6) is 1.77. The molecule has 0 unspecified atom stereocenters. The molecule has 4 rings (SSSR count). The van der Waals surface area contributed by atoms with E-state index in [-0.39, 0.29) is 6.42 Å². The maximum atomic E-state index is 10.9. The number of nitrogens with zero attached hydrogens (tertiary/aromatic N) is 3. The molecule has 4 aromatic rings. The highest BCUT2D eigenvalue weighted by atomic mass is 16.5. The molecule has 0 fully saturated rings. The molecule has 0 spiro atoms. The molecule has 182 valence electrons. The van der Waals surface area contributed by atoms with E-state index < -0.39 is 5.97 Å². The number of carbonyl (C=O) groups is 1. The average Bonchev–Trinajstić information content (AvgIpc) is 3.44. The topological polar surface area (TPSA) is 99.6 Å². The van der Waals surface area contributed by atoms with Gasteiger partial charge in [0.1, 0.15) is 23.8 Å². The van der Waals surface area contributed by atoms with Crippen molar-refractivity contribution in [3.8, 4) is 23.1 Å². The Bertz CT molecular complexity index is 1250. The maximum absolute atomic E-state index is 10.9. The molecule has 2 aromatic heterocycles. The largest absolute Gasteiger partial charge is 0.487 e. The van der Waals surface area contributed by atoms with Crippen LogP contribution in [0.4, 0.5) is 0 Å². The third-order valence-electron chi connectivity index (χ3n) is 5.53. The first kappa shape index (κ1) is 24.1. The lowest BCUT2D eigenvalue weighted by Gasteiger charge is -2.06. The summed E-state index contributed by atoms with van der Waals surface area (Å²) in [4.78, 5) is 15.5. The van der Waals surface area contributed by atoms with Gasteiger partial charge in [0, 0.05) is 30.3 Å². The fourth-order valence-corrected chi connectivity index (χ4v) is 3.64. The van der Waals surface area contributed by atoms with Crippen molar-refractivity contribution in [1.82, 2.24) is 14.8 Å². The Kier molecular flexibility index (Phi) is 7.82. The number of oxazole rings is 1. The van der Waals surface area contributed by atoms with Gasteiger partial charge in [-0.05, 0) is 56.5 Å². The van der Waals surface area contributed by atoms with Crippen molar-refractivity contribution >= 4 is 5.97 Å². The maximum Gasteiger partial charge on any atom is 0.303 e. The first-order valence-electron chi connectivity index (χ1n) is 11.7. The number of aliphatic carboxylic acids is 1. The van der Waals surface area contributed by atoms with Gasteiger partial charge < -0.3 is 19.0 Å². The first-order valence-corrected chi connectivity index (χ1v) is 11.7. The summed E-state index contributed by atoms with van der Waals surface area (Å²) < 4.78 is 19.1. The average molecular weight is 476 g/mol. The lowest BCUT2D eigenvalue weighted by atomic mass is 10.1. The quantitative estimate of drug-likeness (QED) is 0.305. The lowest BCUT2D eigenvalue weighted by Crippen LogP contribution is -2.03. The van der Waals surface area contributed by atoms with E-state index in [9.17, 15) is 4.79 Å². The van der Waals surface area contributed by atoms with Crippen LogP contribution in [0.1, 0.15) is 35.9 Å². The van der Waals surface area contributed by atoms with E-state index in [1.165, 1.54) is 0 Å². The van der Waals surface area contributed by atoms with Crippen LogP contribution in [0.3, 0.4) is 0 Å². The van der Waals surface area contributed by atoms with E-state index in [0.717, 1.165) is 40.3 Å². The van der Waals surface area contributed by atoms with Gasteiger partial charge >= 0.3 is 5.97 Å². The van der Waals surface area contributed by atoms with Crippen molar-refractivity contribution in [3.05, 3.63) is 83.4 Å². The van der Waals surface area contributed by atoms with Gasteiger partial charge in [-0.3, -0.25) is 9.48 Å². The zero-order chi connectivity index (χ0) is 24.6. The summed E-state index contributed by atoms with van der Waals surface area (Å²) in [5, 5.41) is 13.4. The second-order valence-corrected chi connectivity index (χ2v) is 8.12. The van der Waals surface area contributed by atoms with Crippen molar-refractivity contribution in [2.45, 2.75) is 46.3 Å². The molecule has 8 heteroatoms. The van der Waals surface area contributed by atoms with Crippen LogP contribution in [0.2, 0.25) is 0 Å². The van der Waals surface area contributed by atoms with Gasteiger partial charge in [-0.1, -0.05) is 30.3 Å². The smallest absolute Gasteiger partial charge is 0.303 e. The molecule has 8 nitrogen and oxygen atoms in total. The monoisotopic (exact) mass is 475 g/mol. The molecule has 2 aromatic carbocycles. The van der Waals surface area contributed by atoms with E-state index in [2.05, 4.69) is 10.1 Å². The van der Waals surface area contributed by atoms with E-state index in [1.54, 1.807) is 0 Å². The Morgan fingerprint density at radius 1 is 1.06 bits per heavy atom. The fraction of sp³-hybridized carbons (Fsp3) is 0.296. The number of hydrogen-bond acceptors (Lipinski definition) is 6. The Labute approximate surface area is 204 Å². The van der Waals surface area contributed by atoms with Crippen molar-refractivity contribution < 1.29 is 23.8 Å². The zero-order valence-electron chi connectivity index (χ0n) is 19.9. The molecule has 0 saturated heterocycles. The summed E-state index contributed by atoms with van der Waals surface area (Å²) in [6.07, 6.45) is 3.09. The summed E-state index contributed by atoms with van der Waals surface area (Å²) in [7, 11) is 0. The molecular weight excluding hydrogens is 446 g/mol. The molecule has 0 aliphatic rings. The third kappa shape index (κ3) is 6.50. The molecule has 1 N–H and O–H groups in total. The van der Waals surface area contributed by atoms with Crippen molar-refractivity contribution in [2.75, 3.05) is 6.61 Å². The second kappa shape index (κ2) is 11.4. The van der Waals surface area contributed by atoms with Crippen LogP contribution in [0.5, 0.6) is 11.6 Å². The number of aryl methyl sites for hydroxylation is 4. The standard InChI is InChI=1S/C27H29N3O5/c1-3-33-27-22(11-14-25(31)32)17-30(29-27)16-15-20-9-12-23(13-10-20)34-18-24-19(2)35-26(28-24)21-7-5-4-6-8-21/h4-10,12-13,17H,3,11,14-16,18H2,1-2H3,(H,31,32). The van der Waals surface area contributed by atoms with Crippen molar-refractivity contribution in [2.24, 2.45) is 0 Å². The molecule has 0 amide bonds. The van der Waals surface area contributed by atoms with E-state index in [4.69, 9.17) is 19.0 Å². The second-order valence-electron chi connectivity index (χ2n) is 8.12. The number of aromatic nitrogens is 3. The minimum absolute atomic E-state index is 0.0503. The Hall–Kier alpha value is -4.07. The van der Waals surface area contributed by atoms with Crippen LogP contribution >= 0.6 is 0 Å². The van der Waals surface area contributed by atoms with Crippen molar-refractivity contribution in [3.63, 3.8) is 0 Å². The molecule has 0 aliphatic heterocycles. The Morgan fingerprint density at radius 2 is 1.83 bits per heavy atom. The van der Waals surface area contributed by atoms with Crippen LogP contribution in [0.15, 0.2) is 65.2 Å². The lowest BCUT2D eigenvalue weighted by molar-refractivity contribution is -0.136. The molecule has 0 atom stereocenters. The molecule has 0 aliphatic carbocycles. The highest BCUT2D eigenvalue weighted by molar-refractivity contribution is 5.67. The minimum atomic E-state index is -0.835. The van der Waals surface area contributed by atoms with Crippen LogP contribution in [0.25, 0.3) is 11.5 Å². The highest BCUT2D eigenvalue weighted by Crippen LogP contribution is 2.23. The van der Waals surface area contributed by atoms with Gasteiger partial charge in [0.2, 0.25) is 11.8 Å². The van der Waals surface area contributed by atoms with Crippen LogP contribution in [-0.4, -0.2) is 32.4 Å². The van der Waals surface area contributed by atoms with Crippen LogP contribution < -0.4 is 9.47 Å². The SMILES string of the molecule is CCOc1nn(CCc2ccc(OCc3nc(-c4ccccc4)oc3C)cc2)cc1CCC(=O)O. The molecule has 0 bridgehead atoms. The van der Waals surface area contributed by atoms with Gasteiger partial charge in [-0.25, -0.2) is 4.98 Å². The predicted molar refractivity (Wildman–Crippen MR) is 131 cm³/mol. The summed E-state index contributed by atoms with van der Waals surface area (Å²) in [6, 6.07) is 17.7. The van der Waals surface area contributed by atoms with Gasteiger partial charge in [0.05, 0.1) is 6.61 Å². The van der Waals surface area contributed by atoms with Crippen LogP contribution in [0, 0.1) is 6.92 Å². The number of benzene rings is 2. The normalized spacial score (nSPS) is 10.9. The number of hydrogen-bond donors (Lipinski definition) is 1. The number of carboxylic acids is 1. The van der Waals surface area contributed by atoms with E-state index >= 15 is 0 Å². The molecule has 35 heavy (non-hydrogen) atoms. The number of carboxylic acid groups (broad SMARTS) is 1. The molecule has 0 saturated carbocycles. The summed E-state index contributed by atoms with van der Waals surface area (Å²) in [6.45, 7) is 5.25. The minimum Gasteiger partial charge on any atom is -0.487 e. The van der Waals surface area contributed by atoms with Gasteiger partial charge in [0.25, 0.3) is 0 Å². The fourth-order valence-electron chi connectivity index (χ4n) is 3.64. The summed E-state index contributed by atoms with van der Waals surface area (Å²) >= 11 is 0. The van der Waals surface area contributed by atoms with Gasteiger partial charge in [0.15, 0.2) is 0 Å². The number of rotatable bonds is 12. The first-order chi connectivity index (χ1) is 17.0. The van der Waals surface area contributed by atoms with E-state index in [0.29, 0.717) is 38.0 Å². The summed E-state index contributed by atoms with van der Waals surface area (Å²) in [5.41, 5.74) is 3.67. The molecule has 2 heterocycles. The third-order valence-corrected chi connectivity index (χ3v) is 5.53. The van der Waals surface area contributed by atoms with Gasteiger partial charge in [-0.2, -0.15) is 0 Å². The van der Waals surface area contributed by atoms with Gasteiger partial charge in [-0.15, -0.1) is 5.10 Å². The predicted octanol–water partition coefficient (Wildman–Crippen LogP) is 5.08. The van der Waals surface area contributed by atoms with E-state index in [1.807, 2.05) is 79.3 Å². The Balaban J connectivity index is 1.31. The zero-order valence-corrected chi connectivity index (χ0v) is 19.9. The highest BCUT2D eigenvalue weighted by Gasteiger charge is 2.13. The Morgan fingerprint density at radius 3 is 2.54 bits per heavy atom.